The van der Waals surface area contributed by atoms with Crippen LogP contribution in [0.15, 0.2) is 36.0 Å². The van der Waals surface area contributed by atoms with Crippen molar-refractivity contribution in [2.45, 2.75) is 59.0 Å². The molecule has 0 aromatic rings. The van der Waals surface area contributed by atoms with Gasteiger partial charge in [0.05, 0.1) is 12.0 Å². The molecule has 0 spiro atoms. The van der Waals surface area contributed by atoms with Crippen molar-refractivity contribution < 1.29 is 24.9 Å². The lowest BCUT2D eigenvalue weighted by molar-refractivity contribution is -0.142. The van der Waals surface area contributed by atoms with Crippen molar-refractivity contribution >= 4 is 11.9 Å². The Morgan fingerprint density at radius 3 is 2.64 bits per heavy atom. The number of hydrogen-bond donors (Lipinski definition) is 3. The number of hydrogen-bond acceptors (Lipinski definition) is 3. The molecule has 156 valence electrons. The van der Waals surface area contributed by atoms with Crippen LogP contribution in [0.1, 0.15) is 52.9 Å². The molecule has 0 bridgehead atoms. The minimum absolute atomic E-state index is 0.333. The third kappa shape index (κ3) is 6.06. The van der Waals surface area contributed by atoms with Gasteiger partial charge in [-0.25, -0.2) is 4.79 Å². The number of carbonyl (C=O) groups is 2. The number of carboxylic acid groups (broad SMARTS) is 2. The van der Waals surface area contributed by atoms with E-state index >= 15 is 0 Å². The number of aliphatic carboxylic acids is 2. The Hall–Kier alpha value is -1.88. The average Bonchev–Trinajstić information content (AvgIpc) is 2.60. The second-order valence-corrected chi connectivity index (χ2v) is 8.73. The van der Waals surface area contributed by atoms with Gasteiger partial charge in [-0.15, -0.1) is 0 Å². The summed E-state index contributed by atoms with van der Waals surface area (Å²) in [5, 5.41) is 28.3. The molecule has 0 aromatic heterocycles. The standard InChI is InChI=1S/C23H34O5/c1-14-11-17-8-7-15(2)20(10-9-19(24)5-4-6-21(25)26)22(17)18(12-14)13-16(3)23(27)28/h4,6-8,11,14-16,18-20,22,24H,5,9-10,12-13H2,1-3H3,(H,25,26)(H,27,28)/b6-4+/t14-,15-,16+,18+,19-,20-,22+/m0/s1. The van der Waals surface area contributed by atoms with E-state index in [9.17, 15) is 19.8 Å². The van der Waals surface area contributed by atoms with Gasteiger partial charge in [0, 0.05) is 6.08 Å². The Labute approximate surface area is 167 Å². The van der Waals surface area contributed by atoms with Crippen LogP contribution in [-0.4, -0.2) is 33.4 Å². The molecule has 7 atom stereocenters. The Kier molecular flexibility index (Phi) is 8.05. The van der Waals surface area contributed by atoms with Gasteiger partial charge in [0.2, 0.25) is 0 Å². The molecule has 0 saturated carbocycles. The van der Waals surface area contributed by atoms with E-state index in [1.54, 1.807) is 6.92 Å². The van der Waals surface area contributed by atoms with Crippen LogP contribution < -0.4 is 0 Å². The summed E-state index contributed by atoms with van der Waals surface area (Å²) in [6.45, 7) is 6.19. The number of aliphatic hydroxyl groups is 1. The number of carboxylic acids is 2. The summed E-state index contributed by atoms with van der Waals surface area (Å²) in [7, 11) is 0. The van der Waals surface area contributed by atoms with Gasteiger partial charge in [-0.2, -0.15) is 0 Å². The zero-order valence-corrected chi connectivity index (χ0v) is 17.1. The number of allylic oxidation sites excluding steroid dienone is 4. The molecule has 2 aliphatic rings. The maximum absolute atomic E-state index is 11.4. The van der Waals surface area contributed by atoms with E-state index in [-0.39, 0.29) is 5.92 Å². The van der Waals surface area contributed by atoms with Crippen LogP contribution in [0.2, 0.25) is 0 Å². The lowest BCUT2D eigenvalue weighted by Crippen LogP contribution is -2.36. The molecule has 0 radical (unpaired) electrons. The summed E-state index contributed by atoms with van der Waals surface area (Å²) in [5.41, 5.74) is 1.32. The summed E-state index contributed by atoms with van der Waals surface area (Å²) in [4.78, 5) is 22.0. The quantitative estimate of drug-likeness (QED) is 0.511. The highest BCUT2D eigenvalue weighted by atomic mass is 16.4. The molecule has 0 aromatic carbocycles. The van der Waals surface area contributed by atoms with E-state index in [0.29, 0.717) is 48.9 Å². The maximum Gasteiger partial charge on any atom is 0.327 e. The third-order valence-corrected chi connectivity index (χ3v) is 6.35. The van der Waals surface area contributed by atoms with Crippen molar-refractivity contribution in [3.63, 3.8) is 0 Å². The highest BCUT2D eigenvalue weighted by Gasteiger charge is 2.40. The fraction of sp³-hybridized carbons (Fsp3) is 0.652. The highest BCUT2D eigenvalue weighted by molar-refractivity contribution is 5.79. The van der Waals surface area contributed by atoms with Crippen LogP contribution in [-0.2, 0) is 9.59 Å². The summed E-state index contributed by atoms with van der Waals surface area (Å²) >= 11 is 0. The van der Waals surface area contributed by atoms with Crippen molar-refractivity contribution in [1.29, 1.82) is 0 Å². The van der Waals surface area contributed by atoms with Crippen LogP contribution in [0, 0.1) is 35.5 Å². The first-order valence-electron chi connectivity index (χ1n) is 10.4. The van der Waals surface area contributed by atoms with E-state index in [2.05, 4.69) is 32.1 Å². The summed E-state index contributed by atoms with van der Waals surface area (Å²) < 4.78 is 0. The van der Waals surface area contributed by atoms with Crippen molar-refractivity contribution in [3.8, 4) is 0 Å². The first-order chi connectivity index (χ1) is 13.2. The van der Waals surface area contributed by atoms with Crippen LogP contribution in [0.25, 0.3) is 0 Å². The van der Waals surface area contributed by atoms with Gasteiger partial charge < -0.3 is 15.3 Å². The summed E-state index contributed by atoms with van der Waals surface area (Å²) in [5.74, 6) is -0.233. The zero-order valence-electron chi connectivity index (χ0n) is 17.1. The zero-order chi connectivity index (χ0) is 20.8. The normalized spacial score (nSPS) is 31.9. The predicted molar refractivity (Wildman–Crippen MR) is 109 cm³/mol. The van der Waals surface area contributed by atoms with Crippen LogP contribution in [0.5, 0.6) is 0 Å². The Morgan fingerprint density at radius 1 is 1.29 bits per heavy atom. The second-order valence-electron chi connectivity index (χ2n) is 8.73. The molecule has 0 saturated heterocycles. The Morgan fingerprint density at radius 2 is 2.00 bits per heavy atom. The summed E-state index contributed by atoms with van der Waals surface area (Å²) in [6.07, 6.45) is 12.3. The average molecular weight is 391 g/mol. The minimum atomic E-state index is -1.00. The molecule has 5 heteroatoms. The number of fused-ring (bicyclic) bond motifs is 1. The van der Waals surface area contributed by atoms with Gasteiger partial charge in [0.25, 0.3) is 0 Å². The first-order valence-corrected chi connectivity index (χ1v) is 10.4. The molecular formula is C23H34O5. The fourth-order valence-electron chi connectivity index (χ4n) is 4.97. The fourth-order valence-corrected chi connectivity index (χ4v) is 4.97. The molecular weight excluding hydrogens is 356 g/mol. The molecule has 0 amide bonds. The molecule has 28 heavy (non-hydrogen) atoms. The first kappa shape index (κ1) is 22.4. The van der Waals surface area contributed by atoms with E-state index in [1.807, 2.05) is 0 Å². The molecule has 0 unspecified atom stereocenters. The van der Waals surface area contributed by atoms with Crippen molar-refractivity contribution in [2.75, 3.05) is 0 Å². The summed E-state index contributed by atoms with van der Waals surface area (Å²) in [6, 6.07) is 0. The van der Waals surface area contributed by atoms with E-state index in [4.69, 9.17) is 5.11 Å². The Balaban J connectivity index is 2.10. The molecule has 0 fully saturated rings. The van der Waals surface area contributed by atoms with Gasteiger partial charge in [-0.1, -0.05) is 45.1 Å². The van der Waals surface area contributed by atoms with Gasteiger partial charge in [0.1, 0.15) is 0 Å². The monoisotopic (exact) mass is 390 g/mol. The van der Waals surface area contributed by atoms with Crippen LogP contribution >= 0.6 is 0 Å². The van der Waals surface area contributed by atoms with Crippen molar-refractivity contribution in [2.24, 2.45) is 35.5 Å². The molecule has 2 rings (SSSR count). The van der Waals surface area contributed by atoms with Gasteiger partial charge in [0.15, 0.2) is 0 Å². The van der Waals surface area contributed by atoms with Crippen LogP contribution in [0.4, 0.5) is 0 Å². The van der Waals surface area contributed by atoms with Crippen molar-refractivity contribution in [1.82, 2.24) is 0 Å². The lowest BCUT2D eigenvalue weighted by atomic mass is 9.60. The molecule has 5 nitrogen and oxygen atoms in total. The second kappa shape index (κ2) is 10.1. The smallest absolute Gasteiger partial charge is 0.327 e. The highest BCUT2D eigenvalue weighted by Crippen LogP contribution is 2.48. The van der Waals surface area contributed by atoms with E-state index < -0.39 is 18.0 Å². The van der Waals surface area contributed by atoms with Gasteiger partial charge in [-0.05, 0) is 67.3 Å². The van der Waals surface area contributed by atoms with Crippen LogP contribution in [0.3, 0.4) is 0 Å². The number of aliphatic hydroxyl groups excluding tert-OH is 1. The molecule has 0 heterocycles. The lowest BCUT2D eigenvalue weighted by Gasteiger charge is -2.44. The molecule has 3 N–H and O–H groups in total. The minimum Gasteiger partial charge on any atom is -0.481 e. The third-order valence-electron chi connectivity index (χ3n) is 6.35. The van der Waals surface area contributed by atoms with Gasteiger partial charge in [-0.3, -0.25) is 4.79 Å². The van der Waals surface area contributed by atoms with E-state index in [1.165, 1.54) is 11.6 Å². The molecule has 2 aliphatic carbocycles. The number of rotatable bonds is 9. The largest absolute Gasteiger partial charge is 0.481 e. The predicted octanol–water partition coefficient (Wildman–Crippen LogP) is 4.29. The van der Waals surface area contributed by atoms with E-state index in [0.717, 1.165) is 18.9 Å². The molecule has 0 aliphatic heterocycles. The SMILES string of the molecule is C[C@H](C[C@H]1C[C@@H](C)C=C2C=C[C@H](C)[C@H](CC[C@@H](O)C/C=C/C(=O)O)[C@H]21)C(=O)O. The van der Waals surface area contributed by atoms with Crippen molar-refractivity contribution in [3.05, 3.63) is 36.0 Å². The van der Waals surface area contributed by atoms with Gasteiger partial charge >= 0.3 is 11.9 Å². The topological polar surface area (TPSA) is 94.8 Å². The maximum atomic E-state index is 11.4. The Bertz CT molecular complexity index is 647.